The standard InChI is InChI=1S/C19H28N4O2S/c1-4-13(10-25-3)22-17-15-12(2)16(26-19(15)21-11-20-17)18(24)23-14-8-6-5-7-9-14/h11,13-14H,4-10H2,1-3H3,(H,23,24)(H,20,21,22)/t13-/m1/s1. The van der Waals surface area contributed by atoms with Gasteiger partial charge in [-0.25, -0.2) is 9.97 Å². The maximum absolute atomic E-state index is 12.8. The number of hydrogen-bond acceptors (Lipinski definition) is 6. The molecule has 1 amide bonds. The summed E-state index contributed by atoms with van der Waals surface area (Å²) in [5.74, 6) is 0.802. The monoisotopic (exact) mass is 376 g/mol. The third kappa shape index (κ3) is 4.15. The van der Waals surface area contributed by atoms with Gasteiger partial charge in [-0.05, 0) is 31.7 Å². The number of nitrogens with one attached hydrogen (secondary N) is 2. The normalized spacial score (nSPS) is 16.6. The third-order valence-corrected chi connectivity index (χ3v) is 6.27. The number of anilines is 1. The highest BCUT2D eigenvalue weighted by molar-refractivity contribution is 7.20. The Labute approximate surface area is 158 Å². The Bertz CT molecular complexity index is 755. The van der Waals surface area contributed by atoms with E-state index in [0.717, 1.165) is 45.7 Å². The number of amides is 1. The average Bonchev–Trinajstić information content (AvgIpc) is 3.00. The van der Waals surface area contributed by atoms with Crippen molar-refractivity contribution in [3.63, 3.8) is 0 Å². The Hall–Kier alpha value is -1.73. The van der Waals surface area contributed by atoms with E-state index in [0.29, 0.717) is 12.6 Å². The van der Waals surface area contributed by atoms with Crippen molar-refractivity contribution in [1.82, 2.24) is 15.3 Å². The maximum Gasteiger partial charge on any atom is 0.261 e. The number of rotatable bonds is 7. The van der Waals surface area contributed by atoms with Crippen LogP contribution >= 0.6 is 11.3 Å². The van der Waals surface area contributed by atoms with Gasteiger partial charge in [-0.3, -0.25) is 4.79 Å². The molecule has 0 spiro atoms. The highest BCUT2D eigenvalue weighted by Gasteiger charge is 2.23. The van der Waals surface area contributed by atoms with Crippen LogP contribution in [0.2, 0.25) is 0 Å². The molecule has 1 fully saturated rings. The fourth-order valence-electron chi connectivity index (χ4n) is 3.55. The van der Waals surface area contributed by atoms with Gasteiger partial charge >= 0.3 is 0 Å². The number of carbonyl (C=O) groups is 1. The lowest BCUT2D eigenvalue weighted by molar-refractivity contribution is 0.0931. The summed E-state index contributed by atoms with van der Waals surface area (Å²) in [5, 5.41) is 7.60. The number of hydrogen-bond donors (Lipinski definition) is 2. The molecular weight excluding hydrogens is 348 g/mol. The van der Waals surface area contributed by atoms with Crippen molar-refractivity contribution < 1.29 is 9.53 Å². The Morgan fingerprint density at radius 3 is 2.81 bits per heavy atom. The summed E-state index contributed by atoms with van der Waals surface area (Å²) in [6.07, 6.45) is 8.33. The zero-order valence-electron chi connectivity index (χ0n) is 15.8. The number of methoxy groups -OCH3 is 1. The zero-order chi connectivity index (χ0) is 18.5. The van der Waals surface area contributed by atoms with Crippen LogP contribution in [0.1, 0.15) is 60.7 Å². The van der Waals surface area contributed by atoms with E-state index in [1.165, 1.54) is 30.6 Å². The minimum Gasteiger partial charge on any atom is -0.383 e. The molecule has 1 atom stereocenters. The Kier molecular flexibility index (Phi) is 6.43. The summed E-state index contributed by atoms with van der Waals surface area (Å²) in [4.78, 5) is 23.2. The number of thiophene rings is 1. The van der Waals surface area contributed by atoms with E-state index in [4.69, 9.17) is 4.74 Å². The first-order chi connectivity index (χ1) is 12.6. The Morgan fingerprint density at radius 1 is 1.35 bits per heavy atom. The van der Waals surface area contributed by atoms with Gasteiger partial charge in [0.1, 0.15) is 17.0 Å². The minimum atomic E-state index is 0.0206. The second-order valence-electron chi connectivity index (χ2n) is 6.97. The summed E-state index contributed by atoms with van der Waals surface area (Å²) in [7, 11) is 1.70. The van der Waals surface area contributed by atoms with Crippen molar-refractivity contribution in [3.8, 4) is 0 Å². The predicted molar refractivity (Wildman–Crippen MR) is 106 cm³/mol. The van der Waals surface area contributed by atoms with Crippen LogP contribution in [-0.2, 0) is 4.74 Å². The summed E-state index contributed by atoms with van der Waals surface area (Å²) in [6.45, 7) is 4.71. The molecule has 0 bridgehead atoms. The summed E-state index contributed by atoms with van der Waals surface area (Å²) < 4.78 is 5.27. The molecule has 7 heteroatoms. The van der Waals surface area contributed by atoms with Crippen LogP contribution in [0.5, 0.6) is 0 Å². The van der Waals surface area contributed by atoms with E-state index in [9.17, 15) is 4.79 Å². The molecule has 3 rings (SSSR count). The van der Waals surface area contributed by atoms with E-state index in [1.54, 1.807) is 13.4 Å². The molecule has 0 aromatic carbocycles. The molecule has 2 aromatic heterocycles. The van der Waals surface area contributed by atoms with E-state index in [1.807, 2.05) is 6.92 Å². The average molecular weight is 377 g/mol. The molecule has 1 aliphatic carbocycles. The highest BCUT2D eigenvalue weighted by Crippen LogP contribution is 2.34. The smallest absolute Gasteiger partial charge is 0.261 e. The number of aryl methyl sites for hydroxylation is 1. The second-order valence-corrected chi connectivity index (χ2v) is 7.97. The van der Waals surface area contributed by atoms with Crippen LogP contribution in [0.25, 0.3) is 10.2 Å². The lowest BCUT2D eigenvalue weighted by Gasteiger charge is -2.22. The topological polar surface area (TPSA) is 76.1 Å². The van der Waals surface area contributed by atoms with Gasteiger partial charge in [0.25, 0.3) is 5.91 Å². The van der Waals surface area contributed by atoms with E-state index >= 15 is 0 Å². The van der Waals surface area contributed by atoms with Crippen LogP contribution in [0, 0.1) is 6.92 Å². The molecule has 0 saturated heterocycles. The largest absolute Gasteiger partial charge is 0.383 e. The molecule has 142 valence electrons. The molecule has 0 unspecified atom stereocenters. The van der Waals surface area contributed by atoms with Gasteiger partial charge in [0.2, 0.25) is 0 Å². The molecule has 2 aromatic rings. The first kappa shape index (κ1) is 19.0. The van der Waals surface area contributed by atoms with Crippen molar-refractivity contribution in [3.05, 3.63) is 16.8 Å². The first-order valence-corrected chi connectivity index (χ1v) is 10.3. The van der Waals surface area contributed by atoms with Crippen molar-refractivity contribution in [2.45, 2.75) is 64.5 Å². The number of nitrogens with zero attached hydrogens (tertiary/aromatic N) is 2. The van der Waals surface area contributed by atoms with Crippen LogP contribution in [-0.4, -0.2) is 41.7 Å². The lowest BCUT2D eigenvalue weighted by Crippen LogP contribution is -2.36. The minimum absolute atomic E-state index is 0.0206. The maximum atomic E-state index is 12.8. The van der Waals surface area contributed by atoms with Gasteiger partial charge in [0.05, 0.1) is 22.9 Å². The van der Waals surface area contributed by atoms with Gasteiger partial charge in [-0.1, -0.05) is 26.2 Å². The number of fused-ring (bicyclic) bond motifs is 1. The van der Waals surface area contributed by atoms with E-state index < -0.39 is 0 Å². The third-order valence-electron chi connectivity index (χ3n) is 5.07. The predicted octanol–water partition coefficient (Wildman–Crippen LogP) is 3.90. The number of aromatic nitrogens is 2. The van der Waals surface area contributed by atoms with Crippen LogP contribution in [0.15, 0.2) is 6.33 Å². The van der Waals surface area contributed by atoms with Gasteiger partial charge < -0.3 is 15.4 Å². The summed E-state index contributed by atoms with van der Waals surface area (Å²) in [6, 6.07) is 0.479. The highest BCUT2D eigenvalue weighted by atomic mass is 32.1. The SMILES string of the molecule is CC[C@H](COC)Nc1ncnc2sc(C(=O)NC3CCCCC3)c(C)c12. The molecule has 6 nitrogen and oxygen atoms in total. The van der Waals surface area contributed by atoms with Crippen LogP contribution in [0.4, 0.5) is 5.82 Å². The fourth-order valence-corrected chi connectivity index (χ4v) is 4.60. The quantitative estimate of drug-likeness (QED) is 0.766. The van der Waals surface area contributed by atoms with E-state index in [-0.39, 0.29) is 11.9 Å². The molecule has 2 N–H and O–H groups in total. The summed E-state index contributed by atoms with van der Waals surface area (Å²) >= 11 is 1.45. The lowest BCUT2D eigenvalue weighted by atomic mass is 9.95. The first-order valence-electron chi connectivity index (χ1n) is 9.44. The molecular formula is C19H28N4O2S. The second kappa shape index (κ2) is 8.77. The van der Waals surface area contributed by atoms with Crippen LogP contribution in [0.3, 0.4) is 0 Å². The van der Waals surface area contributed by atoms with Gasteiger partial charge in [-0.15, -0.1) is 11.3 Å². The number of ether oxygens (including phenoxy) is 1. The van der Waals surface area contributed by atoms with Gasteiger partial charge in [0, 0.05) is 13.2 Å². The molecule has 0 radical (unpaired) electrons. The fraction of sp³-hybridized carbons (Fsp3) is 0.632. The Morgan fingerprint density at radius 2 is 2.12 bits per heavy atom. The Balaban J connectivity index is 1.85. The number of carbonyl (C=O) groups excluding carboxylic acids is 1. The van der Waals surface area contributed by atoms with Gasteiger partial charge in [0.15, 0.2) is 0 Å². The molecule has 0 aliphatic heterocycles. The summed E-state index contributed by atoms with van der Waals surface area (Å²) in [5.41, 5.74) is 0.952. The van der Waals surface area contributed by atoms with Crippen molar-refractivity contribution in [1.29, 1.82) is 0 Å². The molecule has 1 aliphatic rings. The van der Waals surface area contributed by atoms with Crippen molar-refractivity contribution in [2.75, 3.05) is 19.0 Å². The molecule has 26 heavy (non-hydrogen) atoms. The van der Waals surface area contributed by atoms with Crippen molar-refractivity contribution >= 4 is 33.3 Å². The van der Waals surface area contributed by atoms with Gasteiger partial charge in [-0.2, -0.15) is 0 Å². The van der Waals surface area contributed by atoms with Crippen LogP contribution < -0.4 is 10.6 Å². The molecule has 2 heterocycles. The molecule has 1 saturated carbocycles. The van der Waals surface area contributed by atoms with E-state index in [2.05, 4.69) is 27.5 Å². The zero-order valence-corrected chi connectivity index (χ0v) is 16.6. The van der Waals surface area contributed by atoms with Crippen molar-refractivity contribution in [2.24, 2.45) is 0 Å².